The SMILES string of the molecule is COCCN(CCOC)S(=O)(=O)NCC1CCCN1.Cl. The Balaban J connectivity index is 0.00000361. The van der Waals surface area contributed by atoms with Crippen molar-refractivity contribution in [2.75, 3.05) is 53.6 Å². The average Bonchev–Trinajstić information content (AvgIpc) is 2.89. The predicted octanol–water partition coefficient (Wildman–Crippen LogP) is -0.411. The van der Waals surface area contributed by atoms with Crippen LogP contribution in [0.4, 0.5) is 0 Å². The molecule has 1 aliphatic heterocycles. The highest BCUT2D eigenvalue weighted by Crippen LogP contribution is 2.05. The van der Waals surface area contributed by atoms with Gasteiger partial charge in [-0.3, -0.25) is 0 Å². The number of ether oxygens (including phenoxy) is 2. The fourth-order valence-electron chi connectivity index (χ4n) is 1.97. The van der Waals surface area contributed by atoms with E-state index in [1.165, 1.54) is 4.31 Å². The molecule has 0 aromatic carbocycles. The van der Waals surface area contributed by atoms with Gasteiger partial charge in [0, 0.05) is 39.9 Å². The van der Waals surface area contributed by atoms with Gasteiger partial charge in [-0.25, -0.2) is 4.72 Å². The molecule has 0 bridgehead atoms. The largest absolute Gasteiger partial charge is 0.383 e. The zero-order valence-electron chi connectivity index (χ0n) is 12.1. The Kier molecular flexibility index (Phi) is 10.7. The van der Waals surface area contributed by atoms with Gasteiger partial charge >= 0.3 is 0 Å². The van der Waals surface area contributed by atoms with Crippen molar-refractivity contribution in [1.82, 2.24) is 14.3 Å². The highest BCUT2D eigenvalue weighted by atomic mass is 35.5. The van der Waals surface area contributed by atoms with E-state index in [-0.39, 0.29) is 18.4 Å². The molecule has 0 radical (unpaired) electrons. The number of hydrogen-bond acceptors (Lipinski definition) is 5. The second-order valence-electron chi connectivity index (χ2n) is 4.53. The molecule has 0 aliphatic carbocycles. The molecule has 20 heavy (non-hydrogen) atoms. The van der Waals surface area contributed by atoms with Crippen LogP contribution in [0.1, 0.15) is 12.8 Å². The summed E-state index contributed by atoms with van der Waals surface area (Å²) < 4.78 is 38.2. The number of nitrogens with zero attached hydrogens (tertiary/aromatic N) is 1. The van der Waals surface area contributed by atoms with E-state index in [9.17, 15) is 8.42 Å². The van der Waals surface area contributed by atoms with Crippen LogP contribution in [0.15, 0.2) is 0 Å². The molecule has 1 rings (SSSR count). The summed E-state index contributed by atoms with van der Waals surface area (Å²) in [6, 6.07) is 0.237. The zero-order chi connectivity index (χ0) is 14.1. The summed E-state index contributed by atoms with van der Waals surface area (Å²) in [5, 5.41) is 3.26. The van der Waals surface area contributed by atoms with Crippen LogP contribution < -0.4 is 10.0 Å². The van der Waals surface area contributed by atoms with Crippen molar-refractivity contribution in [3.63, 3.8) is 0 Å². The summed E-state index contributed by atoms with van der Waals surface area (Å²) in [4.78, 5) is 0. The molecule has 1 heterocycles. The third-order valence-corrected chi connectivity index (χ3v) is 4.68. The lowest BCUT2D eigenvalue weighted by Gasteiger charge is -2.22. The highest BCUT2D eigenvalue weighted by molar-refractivity contribution is 7.87. The summed E-state index contributed by atoms with van der Waals surface area (Å²) in [5.74, 6) is 0. The molecule has 1 atom stereocenters. The Hall–Kier alpha value is 0.0400. The first-order valence-electron chi connectivity index (χ1n) is 6.56. The second-order valence-corrected chi connectivity index (χ2v) is 6.29. The van der Waals surface area contributed by atoms with Crippen LogP contribution in [0.25, 0.3) is 0 Å². The lowest BCUT2D eigenvalue weighted by molar-refractivity contribution is 0.149. The van der Waals surface area contributed by atoms with E-state index >= 15 is 0 Å². The van der Waals surface area contributed by atoms with Crippen LogP contribution in [0.5, 0.6) is 0 Å². The third-order valence-electron chi connectivity index (χ3n) is 3.10. The number of hydrogen-bond donors (Lipinski definition) is 2. The fourth-order valence-corrected chi connectivity index (χ4v) is 3.19. The van der Waals surface area contributed by atoms with Gasteiger partial charge in [-0.15, -0.1) is 12.4 Å². The van der Waals surface area contributed by atoms with E-state index in [2.05, 4.69) is 10.0 Å². The van der Waals surface area contributed by atoms with E-state index in [1.807, 2.05) is 0 Å². The molecule has 0 aromatic rings. The molecule has 7 nitrogen and oxygen atoms in total. The topological polar surface area (TPSA) is 79.9 Å². The van der Waals surface area contributed by atoms with Crippen molar-refractivity contribution in [2.45, 2.75) is 18.9 Å². The Morgan fingerprint density at radius 1 is 1.25 bits per heavy atom. The van der Waals surface area contributed by atoms with Crippen molar-refractivity contribution in [2.24, 2.45) is 0 Å². The van der Waals surface area contributed by atoms with Crippen molar-refractivity contribution >= 4 is 22.6 Å². The Bertz CT molecular complexity index is 329. The number of methoxy groups -OCH3 is 2. The van der Waals surface area contributed by atoms with Crippen LogP contribution >= 0.6 is 12.4 Å². The second kappa shape index (κ2) is 10.7. The minimum atomic E-state index is -3.47. The Morgan fingerprint density at radius 3 is 2.30 bits per heavy atom. The van der Waals surface area contributed by atoms with E-state index in [1.54, 1.807) is 14.2 Å². The zero-order valence-corrected chi connectivity index (χ0v) is 13.8. The maximum absolute atomic E-state index is 12.2. The molecule has 122 valence electrons. The summed E-state index contributed by atoms with van der Waals surface area (Å²) in [7, 11) is -0.366. The normalized spacial score (nSPS) is 19.2. The van der Waals surface area contributed by atoms with Crippen LogP contribution in [0.2, 0.25) is 0 Å². The summed E-state index contributed by atoms with van der Waals surface area (Å²) in [6.07, 6.45) is 2.11. The smallest absolute Gasteiger partial charge is 0.279 e. The molecule has 9 heteroatoms. The monoisotopic (exact) mass is 331 g/mol. The van der Waals surface area contributed by atoms with Gasteiger partial charge in [0.15, 0.2) is 0 Å². The van der Waals surface area contributed by atoms with E-state index in [0.29, 0.717) is 32.8 Å². The first kappa shape index (κ1) is 20.0. The number of nitrogens with one attached hydrogen (secondary N) is 2. The van der Waals surface area contributed by atoms with Crippen molar-refractivity contribution in [3.8, 4) is 0 Å². The van der Waals surface area contributed by atoms with Crippen LogP contribution in [0.3, 0.4) is 0 Å². The standard InChI is InChI=1S/C11H25N3O4S.ClH/c1-17-8-6-14(7-9-18-2)19(15,16)13-10-11-4-3-5-12-11;/h11-13H,3-10H2,1-2H3;1H. The van der Waals surface area contributed by atoms with Gasteiger partial charge in [-0.05, 0) is 19.4 Å². The minimum Gasteiger partial charge on any atom is -0.383 e. The molecule has 0 saturated carbocycles. The van der Waals surface area contributed by atoms with E-state index < -0.39 is 10.2 Å². The molecule has 0 amide bonds. The molecule has 0 aromatic heterocycles. The summed E-state index contributed by atoms with van der Waals surface area (Å²) >= 11 is 0. The lowest BCUT2D eigenvalue weighted by Crippen LogP contribution is -2.47. The first-order chi connectivity index (χ1) is 9.10. The van der Waals surface area contributed by atoms with Gasteiger partial charge in [0.05, 0.1) is 13.2 Å². The van der Waals surface area contributed by atoms with Crippen LogP contribution in [-0.4, -0.2) is 72.4 Å². The van der Waals surface area contributed by atoms with Crippen molar-refractivity contribution in [1.29, 1.82) is 0 Å². The van der Waals surface area contributed by atoms with Gasteiger partial charge in [0.25, 0.3) is 10.2 Å². The summed E-state index contributed by atoms with van der Waals surface area (Å²) in [6.45, 7) is 2.78. The van der Waals surface area contributed by atoms with Crippen LogP contribution in [-0.2, 0) is 19.7 Å². The fraction of sp³-hybridized carbons (Fsp3) is 1.00. The van der Waals surface area contributed by atoms with Crippen molar-refractivity contribution in [3.05, 3.63) is 0 Å². The first-order valence-corrected chi connectivity index (χ1v) is 8.00. The Morgan fingerprint density at radius 2 is 1.85 bits per heavy atom. The molecular weight excluding hydrogens is 306 g/mol. The Labute approximate surface area is 128 Å². The molecule has 1 unspecified atom stereocenters. The molecule has 1 aliphatic rings. The predicted molar refractivity (Wildman–Crippen MR) is 80.5 cm³/mol. The maximum atomic E-state index is 12.2. The van der Waals surface area contributed by atoms with E-state index in [0.717, 1.165) is 19.4 Å². The minimum absolute atomic E-state index is 0. The quantitative estimate of drug-likeness (QED) is 0.569. The van der Waals surface area contributed by atoms with Gasteiger partial charge in [0.1, 0.15) is 0 Å². The van der Waals surface area contributed by atoms with E-state index in [4.69, 9.17) is 9.47 Å². The van der Waals surface area contributed by atoms with Gasteiger partial charge in [0.2, 0.25) is 0 Å². The lowest BCUT2D eigenvalue weighted by atomic mass is 10.2. The number of rotatable bonds is 10. The van der Waals surface area contributed by atoms with Crippen molar-refractivity contribution < 1.29 is 17.9 Å². The van der Waals surface area contributed by atoms with Gasteiger partial charge in [-0.2, -0.15) is 12.7 Å². The summed E-state index contributed by atoms with van der Waals surface area (Å²) in [5.41, 5.74) is 0. The highest BCUT2D eigenvalue weighted by Gasteiger charge is 2.23. The van der Waals surface area contributed by atoms with Gasteiger partial charge < -0.3 is 14.8 Å². The average molecular weight is 332 g/mol. The molecular formula is C11H26ClN3O4S. The third kappa shape index (κ3) is 7.16. The van der Waals surface area contributed by atoms with Gasteiger partial charge in [-0.1, -0.05) is 0 Å². The number of halogens is 1. The molecule has 1 fully saturated rings. The molecule has 1 saturated heterocycles. The maximum Gasteiger partial charge on any atom is 0.279 e. The molecule has 2 N–H and O–H groups in total. The van der Waals surface area contributed by atoms with Crippen LogP contribution in [0, 0.1) is 0 Å². The molecule has 0 spiro atoms.